The molecule has 0 aliphatic heterocycles. The first-order chi connectivity index (χ1) is 11.4. The number of ether oxygens (including phenoxy) is 1. The molecule has 0 aromatic heterocycles. The van der Waals surface area contributed by atoms with E-state index in [0.29, 0.717) is 30.6 Å². The zero-order valence-electron chi connectivity index (χ0n) is 14.0. The van der Waals surface area contributed by atoms with E-state index in [2.05, 4.69) is 6.58 Å². The molecule has 24 heavy (non-hydrogen) atoms. The smallest absolute Gasteiger partial charge is 0.309 e. The van der Waals surface area contributed by atoms with Crippen LogP contribution >= 0.6 is 0 Å². The van der Waals surface area contributed by atoms with Gasteiger partial charge in [0.25, 0.3) is 0 Å². The molecule has 1 aromatic rings. The first kappa shape index (κ1) is 17.2. The molecule has 3 rings (SSSR count). The molecule has 0 saturated heterocycles. The second kappa shape index (κ2) is 6.36. The Morgan fingerprint density at radius 3 is 2.38 bits per heavy atom. The van der Waals surface area contributed by atoms with Crippen LogP contribution in [0, 0.1) is 11.3 Å². The van der Waals surface area contributed by atoms with Crippen molar-refractivity contribution in [3.8, 4) is 0 Å². The number of carbonyl (C=O) groups is 1. The van der Waals surface area contributed by atoms with Crippen molar-refractivity contribution in [2.24, 2.45) is 11.3 Å². The quantitative estimate of drug-likeness (QED) is 0.619. The van der Waals surface area contributed by atoms with Gasteiger partial charge in [0.1, 0.15) is 0 Å². The summed E-state index contributed by atoms with van der Waals surface area (Å²) in [7, 11) is -2.09. The van der Waals surface area contributed by atoms with Gasteiger partial charge < -0.3 is 4.74 Å². The number of esters is 1. The molecule has 130 valence electrons. The third-order valence-electron chi connectivity index (χ3n) is 5.87. The zero-order chi connectivity index (χ0) is 17.4. The molecule has 0 amide bonds. The average Bonchev–Trinajstić information content (AvgIpc) is 2.97. The summed E-state index contributed by atoms with van der Waals surface area (Å²) in [5, 5.41) is -0.524. The zero-order valence-corrected chi connectivity index (χ0v) is 14.8. The van der Waals surface area contributed by atoms with Gasteiger partial charge in [-0.1, -0.05) is 30.4 Å². The number of carbonyl (C=O) groups excluding carboxylic acids is 1. The molecule has 2 aliphatic carbocycles. The highest BCUT2D eigenvalue weighted by molar-refractivity contribution is 7.92. The normalized spacial score (nSPS) is 26.5. The molecule has 0 N–H and O–H groups in total. The summed E-state index contributed by atoms with van der Waals surface area (Å²) in [6.45, 7) is 4.04. The van der Waals surface area contributed by atoms with Gasteiger partial charge in [0.2, 0.25) is 0 Å². The summed E-state index contributed by atoms with van der Waals surface area (Å²) >= 11 is 0. The SMILES string of the molecule is C=C1CCC2(CC1)[C@H](C(=O)OC)CC[C@@H]2S(=O)(=O)c1ccccc1. The highest BCUT2D eigenvalue weighted by Gasteiger charge is 2.58. The molecule has 2 saturated carbocycles. The number of methoxy groups -OCH3 is 1. The maximum atomic E-state index is 13.3. The summed E-state index contributed by atoms with van der Waals surface area (Å²) in [5.41, 5.74) is 0.621. The lowest BCUT2D eigenvalue weighted by Crippen LogP contribution is -2.45. The van der Waals surface area contributed by atoms with Crippen LogP contribution in [0.4, 0.5) is 0 Å². The van der Waals surface area contributed by atoms with Gasteiger partial charge >= 0.3 is 5.97 Å². The number of hydrogen-bond acceptors (Lipinski definition) is 4. The van der Waals surface area contributed by atoms with Crippen molar-refractivity contribution >= 4 is 15.8 Å². The highest BCUT2D eigenvalue weighted by atomic mass is 32.2. The summed E-state index contributed by atoms with van der Waals surface area (Å²) < 4.78 is 31.5. The fourth-order valence-corrected chi connectivity index (χ4v) is 6.92. The molecule has 5 heteroatoms. The van der Waals surface area contributed by atoms with E-state index in [0.717, 1.165) is 18.4 Å². The molecule has 1 aromatic carbocycles. The van der Waals surface area contributed by atoms with Crippen molar-refractivity contribution in [1.82, 2.24) is 0 Å². The Labute approximate surface area is 143 Å². The van der Waals surface area contributed by atoms with Crippen LogP contribution in [0.2, 0.25) is 0 Å². The minimum atomic E-state index is -3.48. The van der Waals surface area contributed by atoms with Crippen molar-refractivity contribution in [1.29, 1.82) is 0 Å². The summed E-state index contributed by atoms with van der Waals surface area (Å²) in [6.07, 6.45) is 4.06. The Hall–Kier alpha value is -1.62. The molecule has 2 fully saturated rings. The fourth-order valence-electron chi connectivity index (χ4n) is 4.59. The molecule has 0 heterocycles. The molecular formula is C19H24O4S. The highest BCUT2D eigenvalue weighted by Crippen LogP contribution is 2.57. The molecular weight excluding hydrogens is 324 g/mol. The summed E-state index contributed by atoms with van der Waals surface area (Å²) in [5.74, 6) is -0.604. The van der Waals surface area contributed by atoms with E-state index in [9.17, 15) is 13.2 Å². The summed E-state index contributed by atoms with van der Waals surface area (Å²) in [4.78, 5) is 12.7. The van der Waals surface area contributed by atoms with E-state index >= 15 is 0 Å². The Balaban J connectivity index is 2.03. The number of hydrogen-bond donors (Lipinski definition) is 0. The number of sulfone groups is 1. The fraction of sp³-hybridized carbons (Fsp3) is 0.526. The van der Waals surface area contributed by atoms with Crippen LogP contribution in [0.5, 0.6) is 0 Å². The molecule has 0 radical (unpaired) electrons. The Morgan fingerprint density at radius 2 is 1.79 bits per heavy atom. The molecule has 0 unspecified atom stereocenters. The topological polar surface area (TPSA) is 60.4 Å². The van der Waals surface area contributed by atoms with E-state index in [1.54, 1.807) is 24.3 Å². The van der Waals surface area contributed by atoms with Crippen molar-refractivity contribution in [3.63, 3.8) is 0 Å². The van der Waals surface area contributed by atoms with Crippen LogP contribution in [0.1, 0.15) is 38.5 Å². The Bertz CT molecular complexity index is 726. The third kappa shape index (κ3) is 2.69. The first-order valence-electron chi connectivity index (χ1n) is 8.45. The predicted octanol–water partition coefficient (Wildman–Crippen LogP) is 3.53. The van der Waals surface area contributed by atoms with E-state index in [-0.39, 0.29) is 11.9 Å². The van der Waals surface area contributed by atoms with Gasteiger partial charge in [0.15, 0.2) is 9.84 Å². The molecule has 1 spiro atoms. The lowest BCUT2D eigenvalue weighted by molar-refractivity contribution is -0.149. The maximum absolute atomic E-state index is 13.3. The van der Waals surface area contributed by atoms with Crippen LogP contribution < -0.4 is 0 Å². The third-order valence-corrected chi connectivity index (χ3v) is 8.26. The minimum Gasteiger partial charge on any atom is -0.469 e. The van der Waals surface area contributed by atoms with Gasteiger partial charge in [0.05, 0.1) is 23.2 Å². The van der Waals surface area contributed by atoms with Gasteiger partial charge in [-0.2, -0.15) is 0 Å². The average molecular weight is 348 g/mol. The molecule has 2 atom stereocenters. The van der Waals surface area contributed by atoms with Crippen molar-refractivity contribution in [2.45, 2.75) is 48.7 Å². The lowest BCUT2D eigenvalue weighted by atomic mass is 9.66. The second-order valence-electron chi connectivity index (χ2n) is 6.98. The maximum Gasteiger partial charge on any atom is 0.309 e. The Morgan fingerprint density at radius 1 is 1.17 bits per heavy atom. The van der Waals surface area contributed by atoms with Crippen molar-refractivity contribution < 1.29 is 17.9 Å². The number of benzene rings is 1. The van der Waals surface area contributed by atoms with Gasteiger partial charge in [-0.25, -0.2) is 8.42 Å². The van der Waals surface area contributed by atoms with Crippen molar-refractivity contribution in [3.05, 3.63) is 42.5 Å². The number of allylic oxidation sites excluding steroid dienone is 1. The van der Waals surface area contributed by atoms with Crippen LogP contribution in [-0.4, -0.2) is 26.7 Å². The standard InChI is InChI=1S/C19H24O4S/c1-14-10-12-19(13-11-14)16(18(20)23-2)8-9-17(19)24(21,22)15-6-4-3-5-7-15/h3-7,16-17H,1,8-13H2,2H3/t16-,17-/m0/s1. The molecule has 2 aliphatic rings. The van der Waals surface area contributed by atoms with E-state index in [4.69, 9.17) is 4.74 Å². The van der Waals surface area contributed by atoms with Crippen LogP contribution in [0.25, 0.3) is 0 Å². The van der Waals surface area contributed by atoms with Gasteiger partial charge in [-0.15, -0.1) is 0 Å². The monoisotopic (exact) mass is 348 g/mol. The minimum absolute atomic E-state index is 0.270. The predicted molar refractivity (Wildman–Crippen MR) is 92.2 cm³/mol. The van der Waals surface area contributed by atoms with E-state index in [1.165, 1.54) is 7.11 Å². The van der Waals surface area contributed by atoms with Gasteiger partial charge in [-0.05, 0) is 50.7 Å². The first-order valence-corrected chi connectivity index (χ1v) is 10.00. The Kier molecular flexibility index (Phi) is 4.56. The van der Waals surface area contributed by atoms with Gasteiger partial charge in [-0.3, -0.25) is 4.79 Å². The lowest BCUT2D eigenvalue weighted by Gasteiger charge is -2.42. The van der Waals surface area contributed by atoms with Crippen LogP contribution in [0.3, 0.4) is 0 Å². The molecule has 4 nitrogen and oxygen atoms in total. The van der Waals surface area contributed by atoms with Crippen LogP contribution in [0.15, 0.2) is 47.4 Å². The second-order valence-corrected chi connectivity index (χ2v) is 9.11. The largest absolute Gasteiger partial charge is 0.469 e. The number of rotatable bonds is 3. The van der Waals surface area contributed by atoms with E-state index in [1.807, 2.05) is 6.07 Å². The van der Waals surface area contributed by atoms with E-state index < -0.39 is 20.5 Å². The van der Waals surface area contributed by atoms with Crippen LogP contribution in [-0.2, 0) is 19.4 Å². The van der Waals surface area contributed by atoms with Gasteiger partial charge in [0, 0.05) is 5.41 Å². The van der Waals surface area contributed by atoms with Crippen molar-refractivity contribution in [2.75, 3.05) is 7.11 Å². The molecule has 0 bridgehead atoms. The summed E-state index contributed by atoms with van der Waals surface area (Å²) in [6, 6.07) is 8.60.